The second kappa shape index (κ2) is 3.98. The Morgan fingerprint density at radius 1 is 1.36 bits per heavy atom. The Labute approximate surface area is 83.6 Å². The molecule has 1 aliphatic heterocycles. The van der Waals surface area contributed by atoms with Gasteiger partial charge in [-0.1, -0.05) is 19.3 Å². The number of carbonyl (C=O) groups is 2. The van der Waals surface area contributed by atoms with Crippen LogP contribution < -0.4 is 5.32 Å². The van der Waals surface area contributed by atoms with E-state index >= 15 is 0 Å². The highest BCUT2D eigenvalue weighted by atomic mass is 16.2. The second-order valence-corrected chi connectivity index (χ2v) is 4.18. The number of piperazine rings is 1. The molecule has 0 bridgehead atoms. The fourth-order valence-corrected chi connectivity index (χ4v) is 1.93. The van der Waals surface area contributed by atoms with Gasteiger partial charge in [0.2, 0.25) is 11.8 Å². The number of amides is 2. The van der Waals surface area contributed by atoms with Gasteiger partial charge in [-0.3, -0.25) is 9.59 Å². The largest absolute Gasteiger partial charge is 0.345 e. The van der Waals surface area contributed by atoms with E-state index in [0.29, 0.717) is 0 Å². The molecule has 4 heteroatoms. The van der Waals surface area contributed by atoms with E-state index in [1.54, 1.807) is 4.90 Å². The Morgan fingerprint density at radius 3 is 2.79 bits per heavy atom. The molecule has 0 aromatic rings. The molecule has 14 heavy (non-hydrogen) atoms. The van der Waals surface area contributed by atoms with Gasteiger partial charge >= 0.3 is 0 Å². The van der Waals surface area contributed by atoms with Crippen molar-refractivity contribution in [2.24, 2.45) is 5.92 Å². The highest BCUT2D eigenvalue weighted by molar-refractivity contribution is 5.92. The molecule has 2 fully saturated rings. The number of carbonyl (C=O) groups excluding carboxylic acids is 2. The van der Waals surface area contributed by atoms with Gasteiger partial charge in [0, 0.05) is 6.54 Å². The van der Waals surface area contributed by atoms with Crippen molar-refractivity contribution in [3.63, 3.8) is 0 Å². The van der Waals surface area contributed by atoms with Crippen molar-refractivity contribution in [2.45, 2.75) is 25.7 Å². The molecule has 2 rings (SSSR count). The van der Waals surface area contributed by atoms with Crippen molar-refractivity contribution in [3.8, 4) is 0 Å². The van der Waals surface area contributed by atoms with Crippen LogP contribution in [0.5, 0.6) is 0 Å². The van der Waals surface area contributed by atoms with Gasteiger partial charge in [-0.25, -0.2) is 0 Å². The van der Waals surface area contributed by atoms with Crippen LogP contribution in [-0.2, 0) is 9.59 Å². The third-order valence-electron chi connectivity index (χ3n) is 3.16. The Bertz CT molecular complexity index is 249. The lowest BCUT2D eigenvalue weighted by molar-refractivity contribution is -0.140. The lowest BCUT2D eigenvalue weighted by Crippen LogP contribution is -2.52. The van der Waals surface area contributed by atoms with Gasteiger partial charge in [-0.05, 0) is 12.3 Å². The van der Waals surface area contributed by atoms with Crippen LogP contribution >= 0.6 is 0 Å². The summed E-state index contributed by atoms with van der Waals surface area (Å²) in [6.07, 6.45) is 5.00. The van der Waals surface area contributed by atoms with Gasteiger partial charge in [-0.2, -0.15) is 0 Å². The summed E-state index contributed by atoms with van der Waals surface area (Å²) in [5.41, 5.74) is 0. The van der Waals surface area contributed by atoms with E-state index < -0.39 is 0 Å². The van der Waals surface area contributed by atoms with Crippen LogP contribution in [0.2, 0.25) is 0 Å². The van der Waals surface area contributed by atoms with E-state index in [1.165, 1.54) is 19.3 Å². The van der Waals surface area contributed by atoms with Crippen molar-refractivity contribution in [1.82, 2.24) is 10.2 Å². The van der Waals surface area contributed by atoms with Crippen molar-refractivity contribution in [2.75, 3.05) is 19.6 Å². The monoisotopic (exact) mass is 196 g/mol. The summed E-state index contributed by atoms with van der Waals surface area (Å²) in [5, 5.41) is 2.55. The van der Waals surface area contributed by atoms with Crippen molar-refractivity contribution >= 4 is 11.8 Å². The maximum atomic E-state index is 11.4. The van der Waals surface area contributed by atoms with Gasteiger partial charge in [0.25, 0.3) is 0 Å². The number of nitrogens with zero attached hydrogens (tertiary/aromatic N) is 1. The first-order chi connectivity index (χ1) is 6.75. The Hall–Kier alpha value is -1.06. The standard InChI is InChI=1S/C10H16N2O2/c13-9-7-12(10(14)6-11-9)5-4-8-2-1-3-8/h8H,1-7H2,(H,11,13). The van der Waals surface area contributed by atoms with Crippen LogP contribution in [0.3, 0.4) is 0 Å². The molecule has 2 aliphatic rings. The SMILES string of the molecule is O=C1CN(CCC2CCC2)C(=O)CN1. The van der Waals surface area contributed by atoms with Crippen LogP contribution in [0.4, 0.5) is 0 Å². The summed E-state index contributed by atoms with van der Waals surface area (Å²) in [7, 11) is 0. The van der Waals surface area contributed by atoms with E-state index in [-0.39, 0.29) is 24.9 Å². The number of nitrogens with one attached hydrogen (secondary N) is 1. The molecular weight excluding hydrogens is 180 g/mol. The molecule has 1 saturated carbocycles. The van der Waals surface area contributed by atoms with E-state index in [2.05, 4.69) is 5.32 Å². The normalized spacial score (nSPS) is 23.3. The van der Waals surface area contributed by atoms with E-state index in [4.69, 9.17) is 0 Å². The fraction of sp³-hybridized carbons (Fsp3) is 0.800. The molecule has 1 aliphatic carbocycles. The smallest absolute Gasteiger partial charge is 0.242 e. The minimum Gasteiger partial charge on any atom is -0.345 e. The zero-order valence-electron chi connectivity index (χ0n) is 8.29. The minimum atomic E-state index is -0.0294. The van der Waals surface area contributed by atoms with Crippen LogP contribution in [0.25, 0.3) is 0 Å². The van der Waals surface area contributed by atoms with Crippen LogP contribution in [0.1, 0.15) is 25.7 Å². The third-order valence-corrected chi connectivity index (χ3v) is 3.16. The Morgan fingerprint density at radius 2 is 2.14 bits per heavy atom. The highest BCUT2D eigenvalue weighted by Gasteiger charge is 2.24. The third kappa shape index (κ3) is 2.05. The van der Waals surface area contributed by atoms with Gasteiger partial charge < -0.3 is 10.2 Å². The van der Waals surface area contributed by atoms with Crippen LogP contribution in [0.15, 0.2) is 0 Å². The summed E-state index contributed by atoms with van der Waals surface area (Å²) in [5.74, 6) is 0.829. The van der Waals surface area contributed by atoms with E-state index in [1.807, 2.05) is 0 Å². The first kappa shape index (κ1) is 9.49. The molecule has 0 spiro atoms. The number of hydrogen-bond acceptors (Lipinski definition) is 2. The maximum Gasteiger partial charge on any atom is 0.242 e. The molecule has 0 aromatic carbocycles. The molecule has 0 unspecified atom stereocenters. The number of hydrogen-bond donors (Lipinski definition) is 1. The van der Waals surface area contributed by atoms with Crippen molar-refractivity contribution < 1.29 is 9.59 Å². The van der Waals surface area contributed by atoms with Crippen LogP contribution in [0, 0.1) is 5.92 Å². The molecule has 78 valence electrons. The molecule has 1 N–H and O–H groups in total. The maximum absolute atomic E-state index is 11.4. The van der Waals surface area contributed by atoms with Gasteiger partial charge in [0.1, 0.15) is 0 Å². The summed E-state index contributed by atoms with van der Waals surface area (Å²) >= 11 is 0. The van der Waals surface area contributed by atoms with Gasteiger partial charge in [-0.15, -0.1) is 0 Å². The predicted octanol–water partition coefficient (Wildman–Crippen LogP) is 0.135. The average molecular weight is 196 g/mol. The summed E-state index contributed by atoms with van der Waals surface area (Å²) in [6.45, 7) is 1.20. The first-order valence-corrected chi connectivity index (χ1v) is 5.30. The van der Waals surface area contributed by atoms with E-state index in [9.17, 15) is 9.59 Å². The molecule has 0 aromatic heterocycles. The second-order valence-electron chi connectivity index (χ2n) is 4.18. The quantitative estimate of drug-likeness (QED) is 0.697. The molecule has 2 amide bonds. The lowest BCUT2D eigenvalue weighted by atomic mass is 9.83. The minimum absolute atomic E-state index is 0.0294. The summed E-state index contributed by atoms with van der Waals surface area (Å²) in [4.78, 5) is 24.1. The molecule has 1 saturated heterocycles. The Kier molecular flexibility index (Phi) is 2.70. The van der Waals surface area contributed by atoms with Crippen LogP contribution in [-0.4, -0.2) is 36.3 Å². The molecule has 4 nitrogen and oxygen atoms in total. The van der Waals surface area contributed by atoms with Gasteiger partial charge in [0.05, 0.1) is 13.1 Å². The summed E-state index contributed by atoms with van der Waals surface area (Å²) in [6, 6.07) is 0. The molecular formula is C10H16N2O2. The van der Waals surface area contributed by atoms with Crippen molar-refractivity contribution in [3.05, 3.63) is 0 Å². The average Bonchev–Trinajstić information content (AvgIpc) is 2.08. The highest BCUT2D eigenvalue weighted by Crippen LogP contribution is 2.29. The molecule has 0 radical (unpaired) electrons. The Balaban J connectivity index is 1.76. The topological polar surface area (TPSA) is 49.4 Å². The van der Waals surface area contributed by atoms with Crippen molar-refractivity contribution in [1.29, 1.82) is 0 Å². The first-order valence-electron chi connectivity index (χ1n) is 5.30. The molecule has 1 heterocycles. The lowest BCUT2D eigenvalue weighted by Gasteiger charge is -2.31. The zero-order chi connectivity index (χ0) is 9.97. The zero-order valence-corrected chi connectivity index (χ0v) is 8.29. The fourth-order valence-electron chi connectivity index (χ4n) is 1.93. The molecule has 0 atom stereocenters. The summed E-state index contributed by atoms with van der Waals surface area (Å²) < 4.78 is 0. The van der Waals surface area contributed by atoms with Gasteiger partial charge in [0.15, 0.2) is 0 Å². The number of rotatable bonds is 3. The predicted molar refractivity (Wildman–Crippen MR) is 51.5 cm³/mol. The van der Waals surface area contributed by atoms with E-state index in [0.717, 1.165) is 18.9 Å².